The van der Waals surface area contributed by atoms with Gasteiger partial charge in [-0.25, -0.2) is 9.79 Å². The molecule has 2 heterocycles. The molecule has 0 aliphatic carbocycles. The molecule has 33 heavy (non-hydrogen) atoms. The zero-order valence-electron chi connectivity index (χ0n) is 18.1. The van der Waals surface area contributed by atoms with Crippen LogP contribution in [0.15, 0.2) is 82.2 Å². The van der Waals surface area contributed by atoms with Crippen molar-refractivity contribution in [1.29, 1.82) is 0 Å². The van der Waals surface area contributed by atoms with Crippen molar-refractivity contribution in [1.82, 2.24) is 4.57 Å². The van der Waals surface area contributed by atoms with Crippen molar-refractivity contribution >= 4 is 35.0 Å². The number of hydrogen-bond acceptors (Lipinski definition) is 6. The van der Waals surface area contributed by atoms with Gasteiger partial charge in [-0.15, -0.1) is 0 Å². The molecule has 0 fully saturated rings. The molecule has 168 valence electrons. The first-order valence-corrected chi connectivity index (χ1v) is 11.3. The number of allylic oxidation sites excluding steroid dienone is 1. The van der Waals surface area contributed by atoms with E-state index in [0.717, 1.165) is 11.1 Å². The summed E-state index contributed by atoms with van der Waals surface area (Å²) in [4.78, 5) is 31.6. The van der Waals surface area contributed by atoms with E-state index in [0.29, 0.717) is 31.4 Å². The van der Waals surface area contributed by atoms with Crippen LogP contribution in [0.3, 0.4) is 0 Å². The van der Waals surface area contributed by atoms with E-state index in [1.807, 2.05) is 30.3 Å². The van der Waals surface area contributed by atoms with Crippen molar-refractivity contribution in [2.24, 2.45) is 4.99 Å². The average molecular weight is 481 g/mol. The number of aromatic nitrogens is 1. The molecule has 8 heteroatoms. The number of ether oxygens (including phenoxy) is 2. The number of benzene rings is 2. The van der Waals surface area contributed by atoms with Gasteiger partial charge < -0.3 is 9.47 Å². The molecular formula is C25H21ClN2O4S. The van der Waals surface area contributed by atoms with Crippen LogP contribution in [0.5, 0.6) is 5.75 Å². The zero-order chi connectivity index (χ0) is 23.5. The van der Waals surface area contributed by atoms with Gasteiger partial charge in [-0.1, -0.05) is 65.9 Å². The zero-order valence-corrected chi connectivity index (χ0v) is 19.7. The average Bonchev–Trinajstić information content (AvgIpc) is 3.12. The van der Waals surface area contributed by atoms with Gasteiger partial charge >= 0.3 is 5.97 Å². The van der Waals surface area contributed by atoms with Gasteiger partial charge in [-0.2, -0.15) is 0 Å². The SMILES string of the molecule is C=CCOC(=O)C1=C(C)N=c2sc(=Cc3ccccc3Cl)c(=O)n2C1c1ccc(OC)cc1. The largest absolute Gasteiger partial charge is 0.497 e. The molecule has 1 atom stereocenters. The highest BCUT2D eigenvalue weighted by molar-refractivity contribution is 7.07. The van der Waals surface area contributed by atoms with E-state index in [1.165, 1.54) is 22.0 Å². The van der Waals surface area contributed by atoms with Crippen LogP contribution >= 0.6 is 22.9 Å². The van der Waals surface area contributed by atoms with Crippen molar-refractivity contribution in [3.8, 4) is 5.75 Å². The van der Waals surface area contributed by atoms with Crippen LogP contribution in [0.4, 0.5) is 0 Å². The lowest BCUT2D eigenvalue weighted by Crippen LogP contribution is -2.39. The number of carbonyl (C=O) groups is 1. The highest BCUT2D eigenvalue weighted by Crippen LogP contribution is 2.31. The molecule has 1 aliphatic rings. The Hall–Kier alpha value is -3.42. The smallest absolute Gasteiger partial charge is 0.338 e. The number of hydrogen-bond donors (Lipinski definition) is 0. The second-order valence-electron chi connectivity index (χ2n) is 7.26. The summed E-state index contributed by atoms with van der Waals surface area (Å²) >= 11 is 7.54. The summed E-state index contributed by atoms with van der Waals surface area (Å²) in [6, 6.07) is 13.8. The molecule has 0 amide bonds. The number of methoxy groups -OCH3 is 1. The fourth-order valence-corrected chi connectivity index (χ4v) is 4.86. The maximum Gasteiger partial charge on any atom is 0.338 e. The highest BCUT2D eigenvalue weighted by Gasteiger charge is 2.33. The molecule has 0 saturated carbocycles. The molecule has 1 aliphatic heterocycles. The molecular weight excluding hydrogens is 460 g/mol. The quantitative estimate of drug-likeness (QED) is 0.399. The summed E-state index contributed by atoms with van der Waals surface area (Å²) in [6.45, 7) is 5.39. The van der Waals surface area contributed by atoms with Crippen LogP contribution in [0.25, 0.3) is 6.08 Å². The van der Waals surface area contributed by atoms with Crippen LogP contribution in [-0.4, -0.2) is 24.3 Å². The lowest BCUT2D eigenvalue weighted by molar-refractivity contribution is -0.138. The van der Waals surface area contributed by atoms with Crippen molar-refractivity contribution in [2.75, 3.05) is 13.7 Å². The first-order chi connectivity index (χ1) is 15.9. The third-order valence-electron chi connectivity index (χ3n) is 5.20. The van der Waals surface area contributed by atoms with Crippen molar-refractivity contribution in [3.63, 3.8) is 0 Å². The molecule has 0 spiro atoms. The van der Waals surface area contributed by atoms with E-state index in [4.69, 9.17) is 21.1 Å². The third-order valence-corrected chi connectivity index (χ3v) is 6.52. The molecule has 0 bridgehead atoms. The van der Waals surface area contributed by atoms with Crippen LogP contribution in [0.2, 0.25) is 5.02 Å². The van der Waals surface area contributed by atoms with E-state index >= 15 is 0 Å². The molecule has 1 unspecified atom stereocenters. The van der Waals surface area contributed by atoms with E-state index in [1.54, 1.807) is 38.3 Å². The molecule has 4 rings (SSSR count). The predicted octanol–water partition coefficient (Wildman–Crippen LogP) is 3.63. The van der Waals surface area contributed by atoms with Crippen LogP contribution < -0.4 is 19.6 Å². The van der Waals surface area contributed by atoms with Gasteiger partial charge in [0.25, 0.3) is 5.56 Å². The van der Waals surface area contributed by atoms with Gasteiger partial charge in [-0.3, -0.25) is 9.36 Å². The van der Waals surface area contributed by atoms with Gasteiger partial charge in [0, 0.05) is 5.02 Å². The Morgan fingerprint density at radius 2 is 1.97 bits per heavy atom. The van der Waals surface area contributed by atoms with Gasteiger partial charge in [0.15, 0.2) is 4.80 Å². The number of nitrogens with zero attached hydrogens (tertiary/aromatic N) is 2. The van der Waals surface area contributed by atoms with Crippen molar-refractivity contribution < 1.29 is 14.3 Å². The Kier molecular flexibility index (Phi) is 6.62. The van der Waals surface area contributed by atoms with Gasteiger partial charge in [0.1, 0.15) is 12.4 Å². The monoisotopic (exact) mass is 480 g/mol. The minimum Gasteiger partial charge on any atom is -0.497 e. The lowest BCUT2D eigenvalue weighted by atomic mass is 9.96. The van der Waals surface area contributed by atoms with E-state index < -0.39 is 12.0 Å². The molecule has 1 aromatic heterocycles. The van der Waals surface area contributed by atoms with Gasteiger partial charge in [-0.05, 0) is 42.3 Å². The summed E-state index contributed by atoms with van der Waals surface area (Å²) in [5, 5.41) is 0.542. The summed E-state index contributed by atoms with van der Waals surface area (Å²) < 4.78 is 12.6. The predicted molar refractivity (Wildman–Crippen MR) is 129 cm³/mol. The Balaban J connectivity index is 1.94. The second kappa shape index (κ2) is 9.60. The fourth-order valence-electron chi connectivity index (χ4n) is 3.63. The number of fused-ring (bicyclic) bond motifs is 1. The van der Waals surface area contributed by atoms with E-state index in [9.17, 15) is 9.59 Å². The summed E-state index contributed by atoms with van der Waals surface area (Å²) in [5.74, 6) is 0.124. The maximum atomic E-state index is 13.5. The van der Waals surface area contributed by atoms with E-state index in [2.05, 4.69) is 11.6 Å². The van der Waals surface area contributed by atoms with Crippen LogP contribution in [0.1, 0.15) is 24.1 Å². The summed E-state index contributed by atoms with van der Waals surface area (Å²) in [5.41, 5.74) is 2.00. The standard InChI is InChI=1S/C25H21ClN2O4S/c1-4-13-32-24(30)21-15(2)27-25-28(22(21)16-9-11-18(31-3)12-10-16)23(29)20(33-25)14-17-7-5-6-8-19(17)26/h4-12,14,22H,1,13H2,2-3H3. The second-order valence-corrected chi connectivity index (χ2v) is 8.68. The molecule has 0 N–H and O–H groups in total. The Labute approximate surface area is 199 Å². The van der Waals surface area contributed by atoms with Gasteiger partial charge in [0.05, 0.1) is 29.0 Å². The minimum absolute atomic E-state index is 0.0574. The number of carbonyl (C=O) groups excluding carboxylic acids is 1. The van der Waals surface area contributed by atoms with Gasteiger partial charge in [0.2, 0.25) is 0 Å². The first kappa shape index (κ1) is 22.8. The van der Waals surface area contributed by atoms with Crippen molar-refractivity contribution in [2.45, 2.75) is 13.0 Å². The maximum absolute atomic E-state index is 13.5. The molecule has 0 saturated heterocycles. The number of thiazole rings is 1. The first-order valence-electron chi connectivity index (χ1n) is 10.1. The Bertz CT molecular complexity index is 1430. The minimum atomic E-state index is -0.696. The fraction of sp³-hybridized carbons (Fsp3) is 0.160. The molecule has 3 aromatic rings. The number of halogens is 1. The lowest BCUT2D eigenvalue weighted by Gasteiger charge is -2.24. The van der Waals surface area contributed by atoms with Crippen LogP contribution in [0, 0.1) is 0 Å². The van der Waals surface area contributed by atoms with Crippen LogP contribution in [-0.2, 0) is 9.53 Å². The van der Waals surface area contributed by atoms with E-state index in [-0.39, 0.29) is 12.2 Å². The van der Waals surface area contributed by atoms with Crippen molar-refractivity contribution in [3.05, 3.63) is 108 Å². The third kappa shape index (κ3) is 4.42. The molecule has 6 nitrogen and oxygen atoms in total. The Morgan fingerprint density at radius 1 is 1.24 bits per heavy atom. The number of esters is 1. The Morgan fingerprint density at radius 3 is 2.64 bits per heavy atom. The molecule has 2 aromatic carbocycles. The normalized spacial score (nSPS) is 15.6. The highest BCUT2D eigenvalue weighted by atomic mass is 35.5. The molecule has 0 radical (unpaired) electrons. The summed E-state index contributed by atoms with van der Waals surface area (Å²) in [7, 11) is 1.58. The summed E-state index contributed by atoms with van der Waals surface area (Å²) in [6.07, 6.45) is 3.24. The topological polar surface area (TPSA) is 69.9 Å². The number of rotatable bonds is 6.